The molecular formula is C12H20N6O2. The zero-order valence-electron chi connectivity index (χ0n) is 12.0. The number of nitrogens with zero attached hydrogens (tertiary/aromatic N) is 4. The number of carbonyl (C=O) groups is 1. The summed E-state index contributed by atoms with van der Waals surface area (Å²) in [6.45, 7) is 3.45. The van der Waals surface area contributed by atoms with Crippen molar-refractivity contribution in [1.29, 1.82) is 0 Å². The average molecular weight is 280 g/mol. The summed E-state index contributed by atoms with van der Waals surface area (Å²) in [6.07, 6.45) is 2.14. The standard InChI is InChI=1S/C12H20N6O2/c1-8(9(19)18-6-4-5-7-18)14-11-15-10(13-2)16-12(17-11)20-3/h8H,4-7H2,1-3H3,(H2,13,14,15,16,17). The van der Waals surface area contributed by atoms with E-state index in [4.69, 9.17) is 4.74 Å². The second kappa shape index (κ2) is 6.36. The van der Waals surface area contributed by atoms with Gasteiger partial charge in [0.15, 0.2) is 0 Å². The lowest BCUT2D eigenvalue weighted by Gasteiger charge is -2.21. The number of amides is 1. The Bertz CT molecular complexity index is 453. The maximum Gasteiger partial charge on any atom is 0.322 e. The highest BCUT2D eigenvalue weighted by Gasteiger charge is 2.23. The van der Waals surface area contributed by atoms with Crippen molar-refractivity contribution < 1.29 is 9.53 Å². The largest absolute Gasteiger partial charge is 0.467 e. The smallest absolute Gasteiger partial charge is 0.322 e. The Morgan fingerprint density at radius 3 is 2.50 bits per heavy atom. The van der Waals surface area contributed by atoms with Crippen LogP contribution in [0.1, 0.15) is 19.8 Å². The molecule has 2 heterocycles. The molecule has 2 rings (SSSR count). The molecule has 8 nitrogen and oxygen atoms in total. The highest BCUT2D eigenvalue weighted by atomic mass is 16.5. The number of rotatable bonds is 5. The van der Waals surface area contributed by atoms with Crippen LogP contribution in [0.5, 0.6) is 6.01 Å². The van der Waals surface area contributed by atoms with Gasteiger partial charge in [-0.25, -0.2) is 0 Å². The fourth-order valence-electron chi connectivity index (χ4n) is 2.09. The predicted molar refractivity (Wildman–Crippen MR) is 74.8 cm³/mol. The Kier molecular flexibility index (Phi) is 4.54. The Hall–Kier alpha value is -2.12. The lowest BCUT2D eigenvalue weighted by molar-refractivity contribution is -0.130. The van der Waals surface area contributed by atoms with Crippen LogP contribution in [0.4, 0.5) is 11.9 Å². The minimum absolute atomic E-state index is 0.0629. The monoisotopic (exact) mass is 280 g/mol. The van der Waals surface area contributed by atoms with Gasteiger partial charge in [0.05, 0.1) is 7.11 Å². The molecule has 110 valence electrons. The van der Waals surface area contributed by atoms with E-state index in [1.54, 1.807) is 14.0 Å². The van der Waals surface area contributed by atoms with Gasteiger partial charge in [-0.15, -0.1) is 0 Å². The number of aromatic nitrogens is 3. The topological polar surface area (TPSA) is 92.3 Å². The van der Waals surface area contributed by atoms with E-state index in [0.29, 0.717) is 11.9 Å². The molecule has 0 saturated carbocycles. The molecule has 1 aliphatic rings. The van der Waals surface area contributed by atoms with Gasteiger partial charge in [-0.05, 0) is 19.8 Å². The number of likely N-dealkylation sites (tertiary alicyclic amines) is 1. The van der Waals surface area contributed by atoms with Crippen molar-refractivity contribution in [2.75, 3.05) is 37.9 Å². The Morgan fingerprint density at radius 2 is 1.90 bits per heavy atom. The van der Waals surface area contributed by atoms with E-state index in [2.05, 4.69) is 25.6 Å². The summed E-state index contributed by atoms with van der Waals surface area (Å²) >= 11 is 0. The molecule has 20 heavy (non-hydrogen) atoms. The van der Waals surface area contributed by atoms with Crippen molar-refractivity contribution in [2.24, 2.45) is 0 Å². The summed E-state index contributed by atoms with van der Waals surface area (Å²) < 4.78 is 5.00. The van der Waals surface area contributed by atoms with Crippen LogP contribution in [-0.2, 0) is 4.79 Å². The highest BCUT2D eigenvalue weighted by Crippen LogP contribution is 2.13. The molecule has 1 unspecified atom stereocenters. The summed E-state index contributed by atoms with van der Waals surface area (Å²) in [7, 11) is 3.19. The molecule has 0 spiro atoms. The van der Waals surface area contributed by atoms with Crippen molar-refractivity contribution in [3.05, 3.63) is 0 Å². The van der Waals surface area contributed by atoms with E-state index in [1.165, 1.54) is 7.11 Å². The lowest BCUT2D eigenvalue weighted by atomic mass is 10.3. The summed E-state index contributed by atoms with van der Waals surface area (Å²) in [5, 5.41) is 5.82. The van der Waals surface area contributed by atoms with Crippen LogP contribution in [0, 0.1) is 0 Å². The molecule has 0 aromatic carbocycles. The van der Waals surface area contributed by atoms with Gasteiger partial charge in [0.25, 0.3) is 0 Å². The first-order valence-electron chi connectivity index (χ1n) is 6.67. The van der Waals surface area contributed by atoms with Crippen molar-refractivity contribution in [1.82, 2.24) is 19.9 Å². The van der Waals surface area contributed by atoms with E-state index < -0.39 is 0 Å². The first-order valence-corrected chi connectivity index (χ1v) is 6.67. The molecule has 2 N–H and O–H groups in total. The summed E-state index contributed by atoms with van der Waals surface area (Å²) in [6, 6.07) is -0.183. The second-order valence-electron chi connectivity index (χ2n) is 4.62. The molecule has 0 radical (unpaired) electrons. The van der Waals surface area contributed by atoms with Crippen LogP contribution in [0.2, 0.25) is 0 Å². The van der Waals surface area contributed by atoms with Crippen molar-refractivity contribution in [3.8, 4) is 6.01 Å². The van der Waals surface area contributed by atoms with Crippen LogP contribution in [0.25, 0.3) is 0 Å². The van der Waals surface area contributed by atoms with Crippen LogP contribution in [-0.4, -0.2) is 59.0 Å². The van der Waals surface area contributed by atoms with Gasteiger partial charge in [-0.3, -0.25) is 4.79 Å². The molecule has 1 aromatic rings. The number of carbonyl (C=O) groups excluding carboxylic acids is 1. The maximum atomic E-state index is 12.2. The van der Waals surface area contributed by atoms with E-state index in [9.17, 15) is 4.79 Å². The molecule has 0 aliphatic carbocycles. The van der Waals surface area contributed by atoms with Crippen LogP contribution in [0.15, 0.2) is 0 Å². The quantitative estimate of drug-likeness (QED) is 0.803. The first kappa shape index (κ1) is 14.3. The SMILES string of the molecule is CNc1nc(NC(C)C(=O)N2CCCC2)nc(OC)n1. The molecule has 1 saturated heterocycles. The molecule has 1 aromatic heterocycles. The van der Waals surface area contributed by atoms with Crippen LogP contribution in [0.3, 0.4) is 0 Å². The number of methoxy groups -OCH3 is 1. The van der Waals surface area contributed by atoms with E-state index in [1.807, 2.05) is 4.90 Å². The average Bonchev–Trinajstić information content (AvgIpc) is 3.00. The minimum atomic E-state index is -0.384. The van der Waals surface area contributed by atoms with Gasteiger partial charge in [-0.2, -0.15) is 15.0 Å². The molecule has 1 atom stereocenters. The predicted octanol–water partition coefficient (Wildman–Crippen LogP) is 0.345. The number of hydrogen-bond acceptors (Lipinski definition) is 7. The van der Waals surface area contributed by atoms with Gasteiger partial charge in [0.1, 0.15) is 6.04 Å². The van der Waals surface area contributed by atoms with Crippen LogP contribution < -0.4 is 15.4 Å². The van der Waals surface area contributed by atoms with Gasteiger partial charge >= 0.3 is 6.01 Å². The van der Waals surface area contributed by atoms with E-state index >= 15 is 0 Å². The van der Waals surface area contributed by atoms with Crippen molar-refractivity contribution in [3.63, 3.8) is 0 Å². The molecule has 1 aliphatic heterocycles. The molecule has 8 heteroatoms. The number of nitrogens with one attached hydrogen (secondary N) is 2. The zero-order chi connectivity index (χ0) is 14.5. The van der Waals surface area contributed by atoms with Gasteiger partial charge < -0.3 is 20.3 Å². The van der Waals surface area contributed by atoms with Gasteiger partial charge in [0, 0.05) is 20.1 Å². The Balaban J connectivity index is 2.06. The normalized spacial score (nSPS) is 15.8. The lowest BCUT2D eigenvalue weighted by Crippen LogP contribution is -2.40. The third-order valence-corrected chi connectivity index (χ3v) is 3.15. The minimum Gasteiger partial charge on any atom is -0.467 e. The second-order valence-corrected chi connectivity index (χ2v) is 4.62. The third kappa shape index (κ3) is 3.25. The van der Waals surface area contributed by atoms with Gasteiger partial charge in [0.2, 0.25) is 17.8 Å². The third-order valence-electron chi connectivity index (χ3n) is 3.15. The fraction of sp³-hybridized carbons (Fsp3) is 0.667. The van der Waals surface area contributed by atoms with Gasteiger partial charge in [-0.1, -0.05) is 0 Å². The van der Waals surface area contributed by atoms with Crippen molar-refractivity contribution >= 4 is 17.8 Å². The summed E-state index contributed by atoms with van der Waals surface area (Å²) in [4.78, 5) is 26.3. The zero-order valence-corrected chi connectivity index (χ0v) is 12.0. The fourth-order valence-corrected chi connectivity index (χ4v) is 2.09. The molecular weight excluding hydrogens is 260 g/mol. The highest BCUT2D eigenvalue weighted by molar-refractivity contribution is 5.84. The first-order chi connectivity index (χ1) is 9.63. The van der Waals surface area contributed by atoms with Crippen molar-refractivity contribution in [2.45, 2.75) is 25.8 Å². The molecule has 1 amide bonds. The van der Waals surface area contributed by atoms with E-state index in [-0.39, 0.29) is 18.0 Å². The summed E-state index contributed by atoms with van der Waals surface area (Å²) in [5.41, 5.74) is 0. The number of anilines is 2. The van der Waals surface area contributed by atoms with E-state index in [0.717, 1.165) is 25.9 Å². The molecule has 1 fully saturated rings. The number of ether oxygens (including phenoxy) is 1. The maximum absolute atomic E-state index is 12.2. The Labute approximate surface area is 118 Å². The Morgan fingerprint density at radius 1 is 1.25 bits per heavy atom. The van der Waals surface area contributed by atoms with Crippen LogP contribution >= 0.6 is 0 Å². The molecule has 0 bridgehead atoms. The number of hydrogen-bond donors (Lipinski definition) is 2. The summed E-state index contributed by atoms with van der Waals surface area (Å²) in [5.74, 6) is 0.773.